The van der Waals surface area contributed by atoms with E-state index in [-0.39, 0.29) is 4.90 Å². The maximum Gasteiger partial charge on any atom is 0.239 e. The number of halogens is 1. The van der Waals surface area contributed by atoms with Gasteiger partial charge in [0.1, 0.15) is 5.75 Å². The fourth-order valence-corrected chi connectivity index (χ4v) is 5.18. The average Bonchev–Trinajstić information content (AvgIpc) is 3.11. The van der Waals surface area contributed by atoms with Gasteiger partial charge in [-0.15, -0.1) is 0 Å². The third-order valence-corrected chi connectivity index (χ3v) is 7.30. The zero-order chi connectivity index (χ0) is 22.0. The molecule has 0 fully saturated rings. The molecule has 0 unspecified atom stereocenters. The summed E-state index contributed by atoms with van der Waals surface area (Å²) >= 11 is 3.33. The molecule has 31 heavy (non-hydrogen) atoms. The molecular weight excluding hydrogens is 476 g/mol. The van der Waals surface area contributed by atoms with Crippen LogP contribution in [-0.2, 0) is 21.2 Å². The van der Waals surface area contributed by atoms with Gasteiger partial charge in [0.2, 0.25) is 5.91 Å². The molecular formula is C24H21BrN2O3S. The van der Waals surface area contributed by atoms with E-state index in [9.17, 15) is 13.2 Å². The van der Waals surface area contributed by atoms with Crippen LogP contribution in [0, 0.1) is 6.92 Å². The first-order valence-corrected chi connectivity index (χ1v) is 12.2. The number of nitrogens with one attached hydrogen (secondary N) is 1. The Kier molecular flexibility index (Phi) is 5.98. The molecule has 0 atom stereocenters. The number of fused-ring (bicyclic) bond motifs is 1. The Balaban J connectivity index is 1.64. The fraction of sp³-hybridized carbons (Fsp3) is 0.125. The molecule has 0 aliphatic rings. The van der Waals surface area contributed by atoms with Crippen molar-refractivity contribution in [2.45, 2.75) is 18.4 Å². The summed E-state index contributed by atoms with van der Waals surface area (Å²) in [7, 11) is -3.84. The largest absolute Gasteiger partial charge is 0.342 e. The van der Waals surface area contributed by atoms with Crippen LogP contribution in [0.2, 0.25) is 0 Å². The Hall–Kier alpha value is -2.90. The van der Waals surface area contributed by atoms with Crippen molar-refractivity contribution in [3.05, 3.63) is 94.6 Å². The minimum Gasteiger partial charge on any atom is -0.342 e. The minimum absolute atomic E-state index is 0.169. The van der Waals surface area contributed by atoms with Crippen molar-refractivity contribution in [2.24, 2.45) is 0 Å². The van der Waals surface area contributed by atoms with Gasteiger partial charge >= 0.3 is 0 Å². The van der Waals surface area contributed by atoms with Gasteiger partial charge in [-0.05, 0) is 48.4 Å². The number of sulfone groups is 1. The lowest BCUT2D eigenvalue weighted by atomic mass is 10.1. The van der Waals surface area contributed by atoms with Gasteiger partial charge in [-0.1, -0.05) is 58.4 Å². The standard InChI is InChI=1S/C24H21BrN2O3S/c1-17-6-2-3-7-18(17)14-27-15-23(21-8-4-5-9-22(21)27)31(29,30)16-24(28)26-20-12-10-19(25)11-13-20/h2-13,15H,14,16H2,1H3,(H,26,28). The molecule has 1 amide bonds. The van der Waals surface area contributed by atoms with Crippen LogP contribution < -0.4 is 5.32 Å². The Morgan fingerprint density at radius 1 is 0.968 bits per heavy atom. The van der Waals surface area contributed by atoms with E-state index in [1.165, 1.54) is 0 Å². The van der Waals surface area contributed by atoms with Crippen LogP contribution in [0.15, 0.2) is 88.4 Å². The van der Waals surface area contributed by atoms with Crippen LogP contribution in [0.4, 0.5) is 5.69 Å². The highest BCUT2D eigenvalue weighted by Gasteiger charge is 2.24. The molecule has 4 rings (SSSR count). The lowest BCUT2D eigenvalue weighted by Gasteiger charge is -2.08. The number of benzene rings is 3. The van der Waals surface area contributed by atoms with Crippen molar-refractivity contribution in [2.75, 3.05) is 11.1 Å². The van der Waals surface area contributed by atoms with E-state index in [1.54, 1.807) is 42.6 Å². The molecule has 7 heteroatoms. The highest BCUT2D eigenvalue weighted by atomic mass is 79.9. The predicted octanol–water partition coefficient (Wildman–Crippen LogP) is 5.17. The number of amides is 1. The summed E-state index contributed by atoms with van der Waals surface area (Å²) in [6, 6.07) is 22.4. The summed E-state index contributed by atoms with van der Waals surface area (Å²) in [6.07, 6.45) is 1.64. The first-order chi connectivity index (χ1) is 14.8. The number of rotatable bonds is 6. The lowest BCUT2D eigenvalue weighted by molar-refractivity contribution is -0.113. The van der Waals surface area contributed by atoms with E-state index < -0.39 is 21.5 Å². The summed E-state index contributed by atoms with van der Waals surface area (Å²) in [6.45, 7) is 2.58. The zero-order valence-electron chi connectivity index (χ0n) is 16.9. The van der Waals surface area contributed by atoms with Gasteiger partial charge in [0.25, 0.3) is 0 Å². The number of hydrogen-bond donors (Lipinski definition) is 1. The predicted molar refractivity (Wildman–Crippen MR) is 127 cm³/mol. The highest BCUT2D eigenvalue weighted by Crippen LogP contribution is 2.27. The van der Waals surface area contributed by atoms with E-state index in [1.807, 2.05) is 47.9 Å². The fourth-order valence-electron chi connectivity index (χ4n) is 3.54. The maximum absolute atomic E-state index is 13.2. The summed E-state index contributed by atoms with van der Waals surface area (Å²) in [5.74, 6) is -1.19. The molecule has 3 aromatic carbocycles. The van der Waals surface area contributed by atoms with Crippen molar-refractivity contribution < 1.29 is 13.2 Å². The summed E-state index contributed by atoms with van der Waals surface area (Å²) in [4.78, 5) is 12.6. The van der Waals surface area contributed by atoms with Gasteiger partial charge in [-0.3, -0.25) is 4.79 Å². The number of anilines is 1. The Bertz CT molecular complexity index is 1360. The van der Waals surface area contributed by atoms with Crippen molar-refractivity contribution in [3.63, 3.8) is 0 Å². The molecule has 0 saturated carbocycles. The number of hydrogen-bond acceptors (Lipinski definition) is 3. The molecule has 0 radical (unpaired) electrons. The number of carbonyl (C=O) groups is 1. The van der Waals surface area contributed by atoms with Crippen LogP contribution in [-0.4, -0.2) is 24.6 Å². The molecule has 0 aliphatic heterocycles. The number of aromatic nitrogens is 1. The van der Waals surface area contributed by atoms with Crippen molar-refractivity contribution >= 4 is 48.3 Å². The monoisotopic (exact) mass is 496 g/mol. The molecule has 1 N–H and O–H groups in total. The van der Waals surface area contributed by atoms with Gasteiger partial charge in [-0.25, -0.2) is 8.42 Å². The normalized spacial score (nSPS) is 11.5. The van der Waals surface area contributed by atoms with Crippen molar-refractivity contribution in [3.8, 4) is 0 Å². The van der Waals surface area contributed by atoms with Crippen molar-refractivity contribution in [1.29, 1.82) is 0 Å². The summed E-state index contributed by atoms with van der Waals surface area (Å²) in [5.41, 5.74) is 3.61. The Morgan fingerprint density at radius 2 is 1.65 bits per heavy atom. The van der Waals surface area contributed by atoms with Crippen LogP contribution in [0.25, 0.3) is 10.9 Å². The van der Waals surface area contributed by atoms with E-state index in [4.69, 9.17) is 0 Å². The van der Waals surface area contributed by atoms with Crippen LogP contribution in [0.1, 0.15) is 11.1 Å². The SMILES string of the molecule is Cc1ccccc1Cn1cc(S(=O)(=O)CC(=O)Nc2ccc(Br)cc2)c2ccccc21. The lowest BCUT2D eigenvalue weighted by Crippen LogP contribution is -2.22. The number of aryl methyl sites for hydroxylation is 1. The molecule has 0 saturated heterocycles. The molecule has 5 nitrogen and oxygen atoms in total. The first kappa shape index (κ1) is 21.3. The van der Waals surface area contributed by atoms with E-state index in [2.05, 4.69) is 21.2 Å². The number of carbonyl (C=O) groups excluding carboxylic acids is 1. The average molecular weight is 497 g/mol. The van der Waals surface area contributed by atoms with Gasteiger partial charge in [-0.2, -0.15) is 0 Å². The molecule has 158 valence electrons. The van der Waals surface area contributed by atoms with Crippen LogP contribution in [0.3, 0.4) is 0 Å². The zero-order valence-corrected chi connectivity index (χ0v) is 19.3. The van der Waals surface area contributed by atoms with Gasteiger partial charge in [0, 0.05) is 33.8 Å². The van der Waals surface area contributed by atoms with E-state index in [0.29, 0.717) is 17.6 Å². The van der Waals surface area contributed by atoms with Gasteiger partial charge in [0.15, 0.2) is 9.84 Å². The maximum atomic E-state index is 13.2. The Labute approximate surface area is 189 Å². The number of para-hydroxylation sites is 1. The summed E-state index contributed by atoms with van der Waals surface area (Å²) in [5, 5.41) is 3.27. The summed E-state index contributed by atoms with van der Waals surface area (Å²) < 4.78 is 29.1. The Morgan fingerprint density at radius 3 is 2.39 bits per heavy atom. The molecule has 4 aromatic rings. The third kappa shape index (κ3) is 4.73. The highest BCUT2D eigenvalue weighted by molar-refractivity contribution is 9.10. The third-order valence-electron chi connectivity index (χ3n) is 5.14. The molecule has 0 spiro atoms. The van der Waals surface area contributed by atoms with Crippen molar-refractivity contribution in [1.82, 2.24) is 4.57 Å². The second kappa shape index (κ2) is 8.69. The van der Waals surface area contributed by atoms with Crippen LogP contribution in [0.5, 0.6) is 0 Å². The molecule has 1 aromatic heterocycles. The van der Waals surface area contributed by atoms with E-state index in [0.717, 1.165) is 21.1 Å². The molecule has 1 heterocycles. The van der Waals surface area contributed by atoms with Crippen LogP contribution >= 0.6 is 15.9 Å². The first-order valence-electron chi connectivity index (χ1n) is 9.74. The van der Waals surface area contributed by atoms with Gasteiger partial charge in [0.05, 0.1) is 4.90 Å². The quantitative estimate of drug-likeness (QED) is 0.400. The second-order valence-electron chi connectivity index (χ2n) is 7.38. The topological polar surface area (TPSA) is 68.2 Å². The minimum atomic E-state index is -3.84. The molecule has 0 bridgehead atoms. The molecule has 0 aliphatic carbocycles. The van der Waals surface area contributed by atoms with Gasteiger partial charge < -0.3 is 9.88 Å². The number of nitrogens with zero attached hydrogens (tertiary/aromatic N) is 1. The van der Waals surface area contributed by atoms with E-state index >= 15 is 0 Å². The second-order valence-corrected chi connectivity index (χ2v) is 10.3. The smallest absolute Gasteiger partial charge is 0.239 e.